The number of hydrogen-bond donors (Lipinski definition) is 1. The maximum atomic E-state index is 12.8. The fraction of sp³-hybridized carbons (Fsp3) is 0.368. The first-order valence-corrected chi connectivity index (χ1v) is 8.93. The zero-order valence-corrected chi connectivity index (χ0v) is 15.6. The summed E-state index contributed by atoms with van der Waals surface area (Å²) in [5, 5.41) is 3.55. The lowest BCUT2D eigenvalue weighted by Crippen LogP contribution is -2.43. The summed E-state index contributed by atoms with van der Waals surface area (Å²) >= 11 is 6.26. The Morgan fingerprint density at radius 3 is 2.81 bits per heavy atom. The quantitative estimate of drug-likeness (QED) is 0.888. The summed E-state index contributed by atoms with van der Waals surface area (Å²) in [5.74, 6) is -0.457. The normalized spacial score (nSPS) is 17.0. The molecule has 0 radical (unpaired) electrons. The van der Waals surface area contributed by atoms with E-state index < -0.39 is 0 Å². The molecule has 1 fully saturated rings. The lowest BCUT2D eigenvalue weighted by molar-refractivity contribution is -0.121. The molecule has 0 unspecified atom stereocenters. The van der Waals surface area contributed by atoms with Crippen LogP contribution in [0, 0.1) is 5.92 Å². The molecule has 1 aliphatic heterocycles. The van der Waals surface area contributed by atoms with Crippen LogP contribution in [-0.2, 0) is 4.79 Å². The molecule has 2 heterocycles. The highest BCUT2D eigenvalue weighted by Gasteiger charge is 2.29. The number of furan rings is 1. The molecule has 0 spiro atoms. The van der Waals surface area contributed by atoms with E-state index in [1.807, 2.05) is 25.1 Å². The summed E-state index contributed by atoms with van der Waals surface area (Å²) in [4.78, 5) is 28.8. The molecular weight excluding hydrogens is 354 g/mol. The fourth-order valence-electron chi connectivity index (χ4n) is 3.25. The molecule has 1 atom stereocenters. The van der Waals surface area contributed by atoms with Crippen molar-refractivity contribution in [1.82, 2.24) is 4.90 Å². The van der Waals surface area contributed by atoms with Crippen LogP contribution in [0.5, 0.6) is 0 Å². The SMILES string of the molecule is CN(C)c1c(Cl)cccc1NC(=O)[C@@H]1CCCN(C(=O)c2ccoc2)C1. The third-order valence-corrected chi connectivity index (χ3v) is 4.84. The molecule has 0 bridgehead atoms. The predicted octanol–water partition coefficient (Wildman–Crippen LogP) is 3.49. The second-order valence-corrected chi connectivity index (χ2v) is 7.03. The summed E-state index contributed by atoms with van der Waals surface area (Å²) in [5.41, 5.74) is 1.95. The van der Waals surface area contributed by atoms with E-state index in [1.165, 1.54) is 12.5 Å². The molecule has 2 aromatic rings. The molecule has 1 N–H and O–H groups in total. The van der Waals surface area contributed by atoms with Crippen molar-refractivity contribution >= 4 is 34.8 Å². The molecule has 1 aromatic carbocycles. The van der Waals surface area contributed by atoms with Crippen molar-refractivity contribution in [3.8, 4) is 0 Å². The smallest absolute Gasteiger partial charge is 0.257 e. The first-order valence-electron chi connectivity index (χ1n) is 8.55. The number of rotatable bonds is 4. The average molecular weight is 376 g/mol. The molecule has 3 rings (SSSR count). The highest BCUT2D eigenvalue weighted by molar-refractivity contribution is 6.34. The number of hydrogen-bond acceptors (Lipinski definition) is 4. The van der Waals surface area contributed by atoms with Gasteiger partial charge in [0.25, 0.3) is 5.91 Å². The van der Waals surface area contributed by atoms with Crippen LogP contribution in [-0.4, -0.2) is 43.9 Å². The van der Waals surface area contributed by atoms with Gasteiger partial charge in [-0.25, -0.2) is 0 Å². The first kappa shape index (κ1) is 18.3. The molecule has 26 heavy (non-hydrogen) atoms. The van der Waals surface area contributed by atoms with E-state index >= 15 is 0 Å². The summed E-state index contributed by atoms with van der Waals surface area (Å²) in [6, 6.07) is 7.07. The van der Waals surface area contributed by atoms with Crippen LogP contribution in [0.3, 0.4) is 0 Å². The number of para-hydroxylation sites is 1. The van der Waals surface area contributed by atoms with Crippen LogP contribution in [0.2, 0.25) is 5.02 Å². The molecule has 0 aliphatic carbocycles. The number of amides is 2. The summed E-state index contributed by atoms with van der Waals surface area (Å²) in [7, 11) is 3.76. The highest BCUT2D eigenvalue weighted by Crippen LogP contribution is 2.33. The van der Waals surface area contributed by atoms with Gasteiger partial charge in [0, 0.05) is 27.2 Å². The number of piperidine rings is 1. The first-order chi connectivity index (χ1) is 12.5. The number of carbonyl (C=O) groups is 2. The maximum absolute atomic E-state index is 12.8. The molecule has 0 saturated carbocycles. The van der Waals surface area contributed by atoms with Crippen LogP contribution in [0.1, 0.15) is 23.2 Å². The minimum atomic E-state index is -0.256. The Kier molecular flexibility index (Phi) is 5.52. The van der Waals surface area contributed by atoms with Crippen LogP contribution in [0.25, 0.3) is 0 Å². The predicted molar refractivity (Wildman–Crippen MR) is 102 cm³/mol. The number of carbonyl (C=O) groups excluding carboxylic acids is 2. The van der Waals surface area contributed by atoms with E-state index in [9.17, 15) is 9.59 Å². The van der Waals surface area contributed by atoms with E-state index in [0.29, 0.717) is 29.4 Å². The molecule has 6 nitrogen and oxygen atoms in total. The van der Waals surface area contributed by atoms with Gasteiger partial charge in [0.1, 0.15) is 6.26 Å². The van der Waals surface area contributed by atoms with Gasteiger partial charge >= 0.3 is 0 Å². The van der Waals surface area contributed by atoms with Crippen molar-refractivity contribution in [2.45, 2.75) is 12.8 Å². The fourth-order valence-corrected chi connectivity index (χ4v) is 3.59. The molecular formula is C19H22ClN3O3. The Labute approximate surface area is 157 Å². The Morgan fingerprint density at radius 2 is 2.12 bits per heavy atom. The molecule has 2 amide bonds. The second kappa shape index (κ2) is 7.83. The Morgan fingerprint density at radius 1 is 1.31 bits per heavy atom. The van der Waals surface area contributed by atoms with Crippen molar-refractivity contribution in [3.05, 3.63) is 47.4 Å². The van der Waals surface area contributed by atoms with Crippen LogP contribution >= 0.6 is 11.6 Å². The van der Waals surface area contributed by atoms with Crippen molar-refractivity contribution < 1.29 is 14.0 Å². The van der Waals surface area contributed by atoms with Gasteiger partial charge in [-0.3, -0.25) is 9.59 Å². The van der Waals surface area contributed by atoms with Gasteiger partial charge in [-0.05, 0) is 31.0 Å². The highest BCUT2D eigenvalue weighted by atomic mass is 35.5. The third-order valence-electron chi connectivity index (χ3n) is 4.54. The van der Waals surface area contributed by atoms with E-state index in [0.717, 1.165) is 18.5 Å². The number of halogens is 1. The maximum Gasteiger partial charge on any atom is 0.257 e. The number of likely N-dealkylation sites (tertiary alicyclic amines) is 1. The van der Waals surface area contributed by atoms with E-state index in [-0.39, 0.29) is 17.7 Å². The van der Waals surface area contributed by atoms with Gasteiger partial charge in [0.05, 0.1) is 34.1 Å². The lowest BCUT2D eigenvalue weighted by atomic mass is 9.96. The molecule has 7 heteroatoms. The van der Waals surface area contributed by atoms with Gasteiger partial charge < -0.3 is 19.5 Å². The Balaban J connectivity index is 1.71. The summed E-state index contributed by atoms with van der Waals surface area (Å²) in [6.45, 7) is 1.04. The van der Waals surface area contributed by atoms with E-state index in [1.54, 1.807) is 23.1 Å². The zero-order chi connectivity index (χ0) is 18.7. The number of nitrogens with one attached hydrogen (secondary N) is 1. The van der Waals surface area contributed by atoms with Crippen LogP contribution in [0.15, 0.2) is 41.2 Å². The topological polar surface area (TPSA) is 65.8 Å². The monoisotopic (exact) mass is 375 g/mol. The largest absolute Gasteiger partial charge is 0.472 e. The lowest BCUT2D eigenvalue weighted by Gasteiger charge is -2.32. The molecule has 138 valence electrons. The third kappa shape index (κ3) is 3.85. The van der Waals surface area contributed by atoms with Gasteiger partial charge in [-0.2, -0.15) is 0 Å². The molecule has 1 aliphatic rings. The Hall–Kier alpha value is -2.47. The van der Waals surface area contributed by atoms with E-state index in [4.69, 9.17) is 16.0 Å². The second-order valence-electron chi connectivity index (χ2n) is 6.62. The number of benzene rings is 1. The van der Waals surface area contributed by atoms with E-state index in [2.05, 4.69) is 5.32 Å². The van der Waals surface area contributed by atoms with Crippen molar-refractivity contribution in [2.24, 2.45) is 5.92 Å². The summed E-state index contributed by atoms with van der Waals surface area (Å²) in [6.07, 6.45) is 4.45. The Bertz CT molecular complexity index is 789. The van der Waals surface area contributed by atoms with Gasteiger partial charge in [-0.15, -0.1) is 0 Å². The van der Waals surface area contributed by atoms with Crippen molar-refractivity contribution in [1.29, 1.82) is 0 Å². The van der Waals surface area contributed by atoms with Crippen molar-refractivity contribution in [2.75, 3.05) is 37.4 Å². The number of anilines is 2. The molecule has 1 aromatic heterocycles. The minimum Gasteiger partial charge on any atom is -0.472 e. The van der Waals surface area contributed by atoms with Crippen LogP contribution in [0.4, 0.5) is 11.4 Å². The van der Waals surface area contributed by atoms with Crippen LogP contribution < -0.4 is 10.2 Å². The van der Waals surface area contributed by atoms with Gasteiger partial charge in [-0.1, -0.05) is 17.7 Å². The standard InChI is InChI=1S/C19H22ClN3O3/c1-22(2)17-15(20)6-3-7-16(17)21-18(24)13-5-4-9-23(11-13)19(25)14-8-10-26-12-14/h3,6-8,10,12-13H,4-5,9,11H2,1-2H3,(H,21,24)/t13-/m1/s1. The van der Waals surface area contributed by atoms with Gasteiger partial charge in [0.2, 0.25) is 5.91 Å². The minimum absolute atomic E-state index is 0.0972. The summed E-state index contributed by atoms with van der Waals surface area (Å²) < 4.78 is 4.98. The number of nitrogens with zero attached hydrogens (tertiary/aromatic N) is 2. The average Bonchev–Trinajstić information content (AvgIpc) is 3.15. The van der Waals surface area contributed by atoms with Crippen molar-refractivity contribution in [3.63, 3.8) is 0 Å². The zero-order valence-electron chi connectivity index (χ0n) is 14.9. The van der Waals surface area contributed by atoms with Gasteiger partial charge in [0.15, 0.2) is 0 Å². The molecule has 1 saturated heterocycles.